The van der Waals surface area contributed by atoms with Gasteiger partial charge in [0.05, 0.1) is 10.0 Å². The number of ether oxygens (including phenoxy) is 1. The summed E-state index contributed by atoms with van der Waals surface area (Å²) < 4.78 is 5.78. The largest absolute Gasteiger partial charge is 0.484 e. The van der Waals surface area contributed by atoms with Crippen LogP contribution in [0.3, 0.4) is 0 Å². The zero-order chi connectivity index (χ0) is 25.2. The average Bonchev–Trinajstić information content (AvgIpc) is 2.86. The molecule has 1 atom stereocenters. The minimum absolute atomic E-state index is 0.185. The molecule has 3 rings (SSSR count). The molecule has 0 aliphatic rings. The van der Waals surface area contributed by atoms with Gasteiger partial charge in [-0.15, -0.1) is 0 Å². The van der Waals surface area contributed by atoms with E-state index < -0.39 is 6.04 Å². The highest BCUT2D eigenvalue weighted by Gasteiger charge is 2.30. The first-order chi connectivity index (χ1) is 16.9. The summed E-state index contributed by atoms with van der Waals surface area (Å²) in [6.45, 7) is 4.48. The van der Waals surface area contributed by atoms with Crippen molar-refractivity contribution in [3.05, 3.63) is 99.5 Å². The van der Waals surface area contributed by atoms with Crippen LogP contribution in [-0.2, 0) is 22.6 Å². The van der Waals surface area contributed by atoms with E-state index in [1.807, 2.05) is 68.4 Å². The highest BCUT2D eigenvalue weighted by Crippen LogP contribution is 2.24. The van der Waals surface area contributed by atoms with E-state index in [0.29, 0.717) is 28.8 Å². The SMILES string of the molecule is CCCNC(=O)C(Cc1ccccc1)N(Cc1ccc(Cl)c(Cl)c1)C(=O)COc1ccc(C)cc1. The maximum Gasteiger partial charge on any atom is 0.261 e. The molecule has 3 aromatic carbocycles. The van der Waals surface area contributed by atoms with Crippen LogP contribution in [0.4, 0.5) is 0 Å². The monoisotopic (exact) mass is 512 g/mol. The maximum atomic E-state index is 13.5. The minimum Gasteiger partial charge on any atom is -0.484 e. The summed E-state index contributed by atoms with van der Waals surface area (Å²) in [5.41, 5.74) is 2.82. The number of halogens is 2. The van der Waals surface area contributed by atoms with Crippen molar-refractivity contribution in [3.63, 3.8) is 0 Å². The fourth-order valence-corrected chi connectivity index (χ4v) is 3.94. The number of carbonyl (C=O) groups excluding carboxylic acids is 2. The Labute approximate surface area is 217 Å². The number of rotatable bonds is 11. The van der Waals surface area contributed by atoms with Crippen molar-refractivity contribution in [2.75, 3.05) is 13.2 Å². The van der Waals surface area contributed by atoms with Gasteiger partial charge in [-0.3, -0.25) is 9.59 Å². The van der Waals surface area contributed by atoms with Crippen LogP contribution in [0.25, 0.3) is 0 Å². The third kappa shape index (κ3) is 8.01. The number of carbonyl (C=O) groups is 2. The van der Waals surface area contributed by atoms with Gasteiger partial charge >= 0.3 is 0 Å². The number of aryl methyl sites for hydroxylation is 1. The summed E-state index contributed by atoms with van der Waals surface area (Å²) in [7, 11) is 0. The standard InChI is InChI=1S/C28H30Cl2N2O3/c1-3-15-31-28(34)26(17-21-7-5-4-6-8-21)32(18-22-11-14-24(29)25(30)16-22)27(33)19-35-23-12-9-20(2)10-13-23/h4-14,16,26H,3,15,17-19H2,1-2H3,(H,31,34). The fraction of sp³-hybridized carbons (Fsp3) is 0.286. The summed E-state index contributed by atoms with van der Waals surface area (Å²) in [4.78, 5) is 28.4. The lowest BCUT2D eigenvalue weighted by Crippen LogP contribution is -2.51. The molecule has 5 nitrogen and oxygen atoms in total. The van der Waals surface area contributed by atoms with Gasteiger partial charge in [-0.2, -0.15) is 0 Å². The molecule has 1 unspecified atom stereocenters. The smallest absolute Gasteiger partial charge is 0.261 e. The van der Waals surface area contributed by atoms with Crippen molar-refractivity contribution in [3.8, 4) is 5.75 Å². The van der Waals surface area contributed by atoms with Gasteiger partial charge in [0.1, 0.15) is 11.8 Å². The van der Waals surface area contributed by atoms with Crippen LogP contribution in [-0.4, -0.2) is 35.9 Å². The lowest BCUT2D eigenvalue weighted by molar-refractivity contribution is -0.142. The molecule has 0 heterocycles. The van der Waals surface area contributed by atoms with Crippen molar-refractivity contribution >= 4 is 35.0 Å². The number of nitrogens with one attached hydrogen (secondary N) is 1. The Morgan fingerprint density at radius 3 is 2.31 bits per heavy atom. The predicted octanol–water partition coefficient (Wildman–Crippen LogP) is 5.85. The van der Waals surface area contributed by atoms with E-state index in [0.717, 1.165) is 23.1 Å². The van der Waals surface area contributed by atoms with Crippen LogP contribution >= 0.6 is 23.2 Å². The number of amides is 2. The molecule has 0 radical (unpaired) electrons. The van der Waals surface area contributed by atoms with Crippen molar-refractivity contribution in [2.24, 2.45) is 0 Å². The lowest BCUT2D eigenvalue weighted by Gasteiger charge is -2.31. The van der Waals surface area contributed by atoms with Crippen LogP contribution in [0.2, 0.25) is 10.0 Å². The van der Waals surface area contributed by atoms with E-state index in [4.69, 9.17) is 27.9 Å². The summed E-state index contributed by atoms with van der Waals surface area (Å²) in [6.07, 6.45) is 1.16. The van der Waals surface area contributed by atoms with Crippen molar-refractivity contribution in [2.45, 2.75) is 39.3 Å². The highest BCUT2D eigenvalue weighted by atomic mass is 35.5. The molecule has 7 heteroatoms. The molecule has 35 heavy (non-hydrogen) atoms. The molecular weight excluding hydrogens is 483 g/mol. The first-order valence-corrected chi connectivity index (χ1v) is 12.4. The lowest BCUT2D eigenvalue weighted by atomic mass is 10.0. The maximum absolute atomic E-state index is 13.5. The van der Waals surface area contributed by atoms with E-state index in [9.17, 15) is 9.59 Å². The summed E-state index contributed by atoms with van der Waals surface area (Å²) >= 11 is 12.3. The van der Waals surface area contributed by atoms with Crippen molar-refractivity contribution < 1.29 is 14.3 Å². The molecule has 0 spiro atoms. The predicted molar refractivity (Wildman–Crippen MR) is 141 cm³/mol. The van der Waals surface area contributed by atoms with Crippen LogP contribution in [0.1, 0.15) is 30.0 Å². The van der Waals surface area contributed by atoms with Crippen molar-refractivity contribution in [1.82, 2.24) is 10.2 Å². The topological polar surface area (TPSA) is 58.6 Å². The summed E-state index contributed by atoms with van der Waals surface area (Å²) in [6, 6.07) is 21.6. The Morgan fingerprint density at radius 1 is 0.943 bits per heavy atom. The quantitative estimate of drug-likeness (QED) is 0.350. The first kappa shape index (κ1) is 26.6. The molecule has 0 saturated heterocycles. The Bertz CT molecular complexity index is 1120. The molecular formula is C28H30Cl2N2O3. The number of hydrogen-bond donors (Lipinski definition) is 1. The molecule has 0 saturated carbocycles. The molecule has 0 fully saturated rings. The van der Waals surface area contributed by atoms with Crippen molar-refractivity contribution in [1.29, 1.82) is 0 Å². The second kappa shape index (κ2) is 13.2. The first-order valence-electron chi connectivity index (χ1n) is 11.6. The third-order valence-electron chi connectivity index (χ3n) is 5.54. The Hall–Kier alpha value is -3.02. The number of benzene rings is 3. The van der Waals surface area contributed by atoms with Crippen LogP contribution in [0.15, 0.2) is 72.8 Å². The van der Waals surface area contributed by atoms with E-state index in [-0.39, 0.29) is 25.0 Å². The number of hydrogen-bond acceptors (Lipinski definition) is 3. The van der Waals surface area contributed by atoms with Gasteiger partial charge in [0.25, 0.3) is 5.91 Å². The van der Waals surface area contributed by atoms with Gasteiger partial charge in [0.15, 0.2) is 6.61 Å². The minimum atomic E-state index is -0.729. The van der Waals surface area contributed by atoms with Crippen LogP contribution in [0.5, 0.6) is 5.75 Å². The third-order valence-corrected chi connectivity index (χ3v) is 6.28. The van der Waals surface area contributed by atoms with E-state index >= 15 is 0 Å². The van der Waals surface area contributed by atoms with E-state index in [1.54, 1.807) is 23.1 Å². The molecule has 0 aliphatic carbocycles. The van der Waals surface area contributed by atoms with Crippen LogP contribution < -0.4 is 10.1 Å². The van der Waals surface area contributed by atoms with Gasteiger partial charge < -0.3 is 15.0 Å². The molecule has 0 bridgehead atoms. The van der Waals surface area contributed by atoms with Crippen LogP contribution in [0, 0.1) is 6.92 Å². The highest BCUT2D eigenvalue weighted by molar-refractivity contribution is 6.42. The van der Waals surface area contributed by atoms with E-state index in [1.165, 1.54) is 0 Å². The van der Waals surface area contributed by atoms with Gasteiger partial charge in [0, 0.05) is 19.5 Å². The Kier molecular flexibility index (Phi) is 10.0. The summed E-state index contributed by atoms with van der Waals surface area (Å²) in [5.74, 6) is 0.0807. The zero-order valence-corrected chi connectivity index (χ0v) is 21.5. The van der Waals surface area contributed by atoms with E-state index in [2.05, 4.69) is 5.32 Å². The normalized spacial score (nSPS) is 11.5. The van der Waals surface area contributed by atoms with Gasteiger partial charge in [0.2, 0.25) is 5.91 Å². The Balaban J connectivity index is 1.90. The van der Waals surface area contributed by atoms with Gasteiger partial charge in [-0.1, -0.05) is 84.2 Å². The Morgan fingerprint density at radius 2 is 1.66 bits per heavy atom. The number of nitrogens with zero attached hydrogens (tertiary/aromatic N) is 1. The van der Waals surface area contributed by atoms with Gasteiger partial charge in [-0.25, -0.2) is 0 Å². The molecule has 0 aliphatic heterocycles. The molecule has 1 N–H and O–H groups in total. The zero-order valence-electron chi connectivity index (χ0n) is 20.0. The second-order valence-corrected chi connectivity index (χ2v) is 9.18. The molecule has 2 amide bonds. The second-order valence-electron chi connectivity index (χ2n) is 8.37. The fourth-order valence-electron chi connectivity index (χ4n) is 3.62. The molecule has 3 aromatic rings. The molecule has 0 aromatic heterocycles. The molecule has 184 valence electrons. The van der Waals surface area contributed by atoms with Gasteiger partial charge in [-0.05, 0) is 48.7 Å². The summed E-state index contributed by atoms with van der Waals surface area (Å²) in [5, 5.41) is 3.77. The average molecular weight is 513 g/mol.